The predicted molar refractivity (Wildman–Crippen MR) is 235 cm³/mol. The van der Waals surface area contributed by atoms with Crippen LogP contribution in [0.1, 0.15) is 64.5 Å². The summed E-state index contributed by atoms with van der Waals surface area (Å²) in [6.07, 6.45) is -1.46. The number of aliphatic hydroxyl groups excluding tert-OH is 1. The van der Waals surface area contributed by atoms with Crippen molar-refractivity contribution in [3.05, 3.63) is 71.8 Å². The number of carbonyl (C=O) groups is 10. The Labute approximate surface area is 381 Å². The normalized spacial score (nSPS) is 16.5. The zero-order chi connectivity index (χ0) is 49.1. The number of rotatable bonds is 25. The van der Waals surface area contributed by atoms with Gasteiger partial charge in [-0.1, -0.05) is 74.5 Å². The van der Waals surface area contributed by atoms with Gasteiger partial charge >= 0.3 is 11.9 Å². The maximum absolute atomic E-state index is 13.6. The van der Waals surface area contributed by atoms with Crippen molar-refractivity contribution in [2.45, 2.75) is 115 Å². The molecule has 1 heterocycles. The number of nitrogens with zero attached hydrogens (tertiary/aromatic N) is 1. The van der Waals surface area contributed by atoms with Crippen LogP contribution >= 0.6 is 0 Å². The fourth-order valence-corrected chi connectivity index (χ4v) is 7.00. The molecule has 0 radical (unpaired) electrons. The molecule has 8 amide bonds. The van der Waals surface area contributed by atoms with Gasteiger partial charge in [0.1, 0.15) is 36.3 Å². The summed E-state index contributed by atoms with van der Waals surface area (Å²) < 4.78 is 0. The molecule has 0 spiro atoms. The van der Waals surface area contributed by atoms with Gasteiger partial charge in [-0.3, -0.25) is 43.2 Å². The van der Waals surface area contributed by atoms with Crippen molar-refractivity contribution >= 4 is 59.2 Å². The van der Waals surface area contributed by atoms with Crippen LogP contribution in [0.25, 0.3) is 0 Å². The number of aliphatic hydroxyl groups is 1. The van der Waals surface area contributed by atoms with E-state index in [1.165, 1.54) is 18.7 Å². The second-order valence-electron chi connectivity index (χ2n) is 16.4. The fraction of sp³-hybridized carbons (Fsp3) is 0.500. The van der Waals surface area contributed by atoms with Crippen LogP contribution in [0, 0.1) is 5.92 Å². The van der Waals surface area contributed by atoms with Crippen molar-refractivity contribution in [3.63, 3.8) is 0 Å². The molecule has 22 heteroatoms. The summed E-state index contributed by atoms with van der Waals surface area (Å²) in [5.74, 6) is -9.63. The largest absolute Gasteiger partial charge is 0.481 e. The number of nitrogens with one attached hydrogen (secondary N) is 7. The number of aliphatic carboxylic acids is 2. The monoisotopic (exact) mass is 923 g/mol. The Hall–Kier alpha value is -6.94. The van der Waals surface area contributed by atoms with Crippen molar-refractivity contribution in [2.75, 3.05) is 19.6 Å². The van der Waals surface area contributed by atoms with E-state index in [0.717, 1.165) is 5.56 Å². The number of benzene rings is 2. The minimum atomic E-state index is -1.66. The number of nitrogens with two attached hydrogens (primary N) is 1. The van der Waals surface area contributed by atoms with Crippen LogP contribution in [-0.2, 0) is 60.8 Å². The van der Waals surface area contributed by atoms with Crippen LogP contribution in [-0.4, -0.2) is 147 Å². The smallest absolute Gasteiger partial charge is 0.326 e. The first-order valence-corrected chi connectivity index (χ1v) is 21.5. The molecule has 1 aliphatic heterocycles. The maximum Gasteiger partial charge on any atom is 0.326 e. The molecule has 66 heavy (non-hydrogen) atoms. The number of carbonyl (C=O) groups excluding carboxylic acids is 8. The molecule has 3 rings (SSSR count). The lowest BCUT2D eigenvalue weighted by molar-refractivity contribution is -0.143. The van der Waals surface area contributed by atoms with E-state index in [2.05, 4.69) is 37.2 Å². The number of carboxylic acid groups (broad SMARTS) is 2. The van der Waals surface area contributed by atoms with E-state index in [1.54, 1.807) is 56.3 Å². The van der Waals surface area contributed by atoms with Crippen LogP contribution < -0.4 is 43.0 Å². The molecular formula is C44H61N9O13. The van der Waals surface area contributed by atoms with Crippen LogP contribution in [0.2, 0.25) is 0 Å². The highest BCUT2D eigenvalue weighted by Crippen LogP contribution is 2.20. The van der Waals surface area contributed by atoms with E-state index in [-0.39, 0.29) is 38.1 Å². The molecule has 360 valence electrons. The van der Waals surface area contributed by atoms with Crippen molar-refractivity contribution < 1.29 is 63.3 Å². The molecule has 0 aliphatic carbocycles. The van der Waals surface area contributed by atoms with Crippen LogP contribution in [0.4, 0.5) is 0 Å². The number of carboxylic acids is 2. The van der Waals surface area contributed by atoms with Gasteiger partial charge in [-0.05, 0) is 56.6 Å². The van der Waals surface area contributed by atoms with E-state index < -0.39 is 127 Å². The Morgan fingerprint density at radius 2 is 1.20 bits per heavy atom. The highest BCUT2D eigenvalue weighted by atomic mass is 16.4. The number of amides is 8. The first-order chi connectivity index (χ1) is 31.2. The average Bonchev–Trinajstić information content (AvgIpc) is 3.76. The molecule has 12 N–H and O–H groups in total. The third-order valence-electron chi connectivity index (χ3n) is 10.4. The standard InChI is InChI=1S/C44H61N9O13/c1-24(2)18-32(44(65)66)50-35(56)23-47-42(63)37(26(4)54)52-40(61)30(20-28-14-9-6-10-15-28)49-34(55)22-46-38(59)25(3)48-39(60)31(21-36(57)58)51-41(62)33-16-11-17-53(33)43(64)29(45)19-27-12-7-5-8-13-27/h5-10,12-15,24-26,29-33,37,54H,11,16-23,45H2,1-4H3,(H,46,59)(H,47,63)(H,48,60)(H,49,55)(H,50,56)(H,51,62)(H,52,61)(H,57,58)(H,65,66)/t25-,26+,29-,30-,31-,32-,33-,37-/m0/s1. The van der Waals surface area contributed by atoms with Gasteiger partial charge in [0.15, 0.2) is 0 Å². The minimum absolute atomic E-state index is 0.0630. The summed E-state index contributed by atoms with van der Waals surface area (Å²) in [6.45, 7) is 4.78. The first-order valence-electron chi connectivity index (χ1n) is 21.5. The topological polar surface area (TPSA) is 345 Å². The quantitative estimate of drug-likeness (QED) is 0.0489. The summed E-state index contributed by atoms with van der Waals surface area (Å²) in [7, 11) is 0. The summed E-state index contributed by atoms with van der Waals surface area (Å²) in [4.78, 5) is 130. The molecule has 22 nitrogen and oxygen atoms in total. The molecule has 1 aliphatic rings. The third kappa shape index (κ3) is 17.6. The lowest BCUT2D eigenvalue weighted by Crippen LogP contribution is -2.59. The Morgan fingerprint density at radius 1 is 0.667 bits per heavy atom. The Morgan fingerprint density at radius 3 is 1.73 bits per heavy atom. The third-order valence-corrected chi connectivity index (χ3v) is 10.4. The highest BCUT2D eigenvalue weighted by Gasteiger charge is 2.38. The lowest BCUT2D eigenvalue weighted by atomic mass is 10.0. The van der Waals surface area contributed by atoms with Gasteiger partial charge in [0.05, 0.1) is 31.7 Å². The Balaban J connectivity index is 1.60. The Bertz CT molecular complexity index is 2040. The predicted octanol–water partition coefficient (Wildman–Crippen LogP) is -2.55. The summed E-state index contributed by atoms with van der Waals surface area (Å²) in [6, 6.07) is 8.17. The Kier molecular flexibility index (Phi) is 21.1. The number of hydrogen-bond acceptors (Lipinski definition) is 12. The molecule has 0 aromatic heterocycles. The van der Waals surface area contributed by atoms with Crippen molar-refractivity contribution in [3.8, 4) is 0 Å². The molecular weight excluding hydrogens is 863 g/mol. The van der Waals surface area contributed by atoms with Crippen molar-refractivity contribution in [1.29, 1.82) is 0 Å². The van der Waals surface area contributed by atoms with E-state index in [1.807, 2.05) is 18.2 Å². The van der Waals surface area contributed by atoms with Crippen LogP contribution in [0.3, 0.4) is 0 Å². The van der Waals surface area contributed by atoms with Gasteiger partial charge in [0.2, 0.25) is 47.3 Å². The summed E-state index contributed by atoms with van der Waals surface area (Å²) >= 11 is 0. The lowest BCUT2D eigenvalue weighted by Gasteiger charge is -2.28. The molecule has 0 unspecified atom stereocenters. The molecule has 0 bridgehead atoms. The SMILES string of the molecule is CC(C)C[C@H](NC(=O)CNC(=O)[C@@H](NC(=O)[C@H](Cc1ccccc1)NC(=O)CNC(=O)[C@H](C)NC(=O)[C@H](CC(=O)O)NC(=O)[C@@H]1CCCN1C(=O)[C@@H](N)Cc1ccccc1)[C@@H](C)O)C(=O)O. The summed E-state index contributed by atoms with van der Waals surface area (Å²) in [5, 5.41) is 45.7. The zero-order valence-electron chi connectivity index (χ0n) is 37.3. The zero-order valence-corrected chi connectivity index (χ0v) is 37.3. The van der Waals surface area contributed by atoms with Gasteiger partial charge in [-0.25, -0.2) is 4.79 Å². The molecule has 8 atom stereocenters. The van der Waals surface area contributed by atoms with E-state index in [4.69, 9.17) is 5.73 Å². The first kappa shape index (κ1) is 53.4. The van der Waals surface area contributed by atoms with Gasteiger partial charge in [-0.2, -0.15) is 0 Å². The van der Waals surface area contributed by atoms with Gasteiger partial charge in [0.25, 0.3) is 0 Å². The summed E-state index contributed by atoms with van der Waals surface area (Å²) in [5.41, 5.74) is 7.58. The van der Waals surface area contributed by atoms with Gasteiger partial charge in [0, 0.05) is 13.0 Å². The second-order valence-corrected chi connectivity index (χ2v) is 16.4. The van der Waals surface area contributed by atoms with E-state index >= 15 is 0 Å². The van der Waals surface area contributed by atoms with Crippen LogP contribution in [0.15, 0.2) is 60.7 Å². The van der Waals surface area contributed by atoms with Crippen molar-refractivity contribution in [2.24, 2.45) is 11.7 Å². The van der Waals surface area contributed by atoms with Gasteiger partial charge in [-0.15, -0.1) is 0 Å². The second kappa shape index (κ2) is 26.1. The average molecular weight is 924 g/mol. The number of likely N-dealkylation sites (tertiary alicyclic amines) is 1. The van der Waals surface area contributed by atoms with E-state index in [0.29, 0.717) is 12.0 Å². The minimum Gasteiger partial charge on any atom is -0.481 e. The molecule has 1 saturated heterocycles. The highest BCUT2D eigenvalue weighted by molar-refractivity contribution is 5.98. The van der Waals surface area contributed by atoms with Crippen molar-refractivity contribution in [1.82, 2.24) is 42.1 Å². The fourth-order valence-electron chi connectivity index (χ4n) is 7.00. The van der Waals surface area contributed by atoms with Crippen LogP contribution in [0.5, 0.6) is 0 Å². The molecule has 1 fully saturated rings. The number of hydrogen-bond donors (Lipinski definition) is 11. The molecule has 0 saturated carbocycles. The molecule has 2 aromatic rings. The van der Waals surface area contributed by atoms with Gasteiger partial charge < -0.3 is 63.2 Å². The maximum atomic E-state index is 13.6. The van der Waals surface area contributed by atoms with E-state index in [9.17, 15) is 63.3 Å². The molecule has 2 aromatic carbocycles.